The number of thiocarbonyl (C=S) groups is 1. The topological polar surface area (TPSA) is 81.4 Å². The third-order valence-electron chi connectivity index (χ3n) is 2.33. The molecule has 102 valence electrons. The van der Waals surface area contributed by atoms with Crippen LogP contribution in [0.4, 0.5) is 0 Å². The van der Waals surface area contributed by atoms with Gasteiger partial charge >= 0.3 is 0 Å². The summed E-state index contributed by atoms with van der Waals surface area (Å²) in [6.07, 6.45) is 0. The van der Waals surface area contributed by atoms with Gasteiger partial charge in [-0.25, -0.2) is 13.1 Å². The summed E-state index contributed by atoms with van der Waals surface area (Å²) in [6.45, 7) is 3.78. The van der Waals surface area contributed by atoms with Crippen LogP contribution in [0, 0.1) is 0 Å². The van der Waals surface area contributed by atoms with E-state index < -0.39 is 15.6 Å². The van der Waals surface area contributed by atoms with Crippen LogP contribution in [-0.4, -0.2) is 32.7 Å². The number of ether oxygens (including phenoxy) is 1. The number of methoxy groups -OCH3 is 1. The summed E-state index contributed by atoms with van der Waals surface area (Å²) in [5.41, 5.74) is 4.88. The molecule has 1 aromatic rings. The zero-order valence-corrected chi connectivity index (χ0v) is 12.8. The predicted molar refractivity (Wildman–Crippen MR) is 76.5 cm³/mol. The molecule has 1 rings (SSSR count). The van der Waals surface area contributed by atoms with E-state index in [1.807, 2.05) is 0 Å². The van der Waals surface area contributed by atoms with E-state index in [0.29, 0.717) is 4.88 Å². The van der Waals surface area contributed by atoms with E-state index in [-0.39, 0.29) is 15.7 Å². The highest BCUT2D eigenvalue weighted by molar-refractivity contribution is 7.91. The van der Waals surface area contributed by atoms with E-state index in [4.69, 9.17) is 22.7 Å². The summed E-state index contributed by atoms with van der Waals surface area (Å²) >= 11 is 5.84. The predicted octanol–water partition coefficient (Wildman–Crippen LogP) is 1.09. The van der Waals surface area contributed by atoms with Crippen LogP contribution < -0.4 is 10.5 Å². The summed E-state index contributed by atoms with van der Waals surface area (Å²) in [6, 6.07) is 3.09. The second kappa shape index (κ2) is 5.62. The second-order valence-corrected chi connectivity index (χ2v) is 7.79. The van der Waals surface area contributed by atoms with E-state index in [1.165, 1.54) is 13.2 Å². The Labute approximate surface area is 116 Å². The molecule has 0 saturated heterocycles. The van der Waals surface area contributed by atoms with Crippen LogP contribution in [0.5, 0.6) is 0 Å². The average molecular weight is 308 g/mol. The maximum absolute atomic E-state index is 12.0. The van der Waals surface area contributed by atoms with Gasteiger partial charge in [0, 0.05) is 13.7 Å². The van der Waals surface area contributed by atoms with Crippen molar-refractivity contribution in [1.82, 2.24) is 4.72 Å². The molecule has 0 aromatic carbocycles. The lowest BCUT2D eigenvalue weighted by molar-refractivity contribution is 0.0276. The Morgan fingerprint density at radius 1 is 1.56 bits per heavy atom. The molecule has 1 aromatic heterocycles. The fourth-order valence-corrected chi connectivity index (χ4v) is 3.60. The number of sulfonamides is 1. The lowest BCUT2D eigenvalue weighted by atomic mass is 10.1. The van der Waals surface area contributed by atoms with Crippen molar-refractivity contribution < 1.29 is 13.2 Å². The Morgan fingerprint density at radius 2 is 2.17 bits per heavy atom. The van der Waals surface area contributed by atoms with Crippen molar-refractivity contribution in [3.63, 3.8) is 0 Å². The number of hydrogen-bond acceptors (Lipinski definition) is 5. The lowest BCUT2D eigenvalue weighted by Gasteiger charge is -2.22. The first-order chi connectivity index (χ1) is 8.18. The molecule has 3 N–H and O–H groups in total. The summed E-state index contributed by atoms with van der Waals surface area (Å²) in [4.78, 5) is 0.773. The summed E-state index contributed by atoms with van der Waals surface area (Å²) in [7, 11) is -2.01. The third kappa shape index (κ3) is 3.99. The number of thiophene rings is 1. The molecule has 0 saturated carbocycles. The van der Waals surface area contributed by atoms with Crippen LogP contribution in [0.25, 0.3) is 0 Å². The van der Waals surface area contributed by atoms with Crippen molar-refractivity contribution in [2.45, 2.75) is 23.7 Å². The second-order valence-electron chi connectivity index (χ2n) is 4.27. The number of hydrogen-bond donors (Lipinski definition) is 2. The fourth-order valence-electron chi connectivity index (χ4n) is 1.01. The van der Waals surface area contributed by atoms with Gasteiger partial charge in [-0.15, -0.1) is 11.3 Å². The first-order valence-corrected chi connectivity index (χ1v) is 7.83. The fraction of sp³-hybridized carbons (Fsp3) is 0.500. The molecule has 18 heavy (non-hydrogen) atoms. The van der Waals surface area contributed by atoms with Crippen molar-refractivity contribution >= 4 is 38.6 Å². The molecule has 0 amide bonds. The third-order valence-corrected chi connectivity index (χ3v) is 5.69. The first-order valence-electron chi connectivity index (χ1n) is 5.12. The van der Waals surface area contributed by atoms with Gasteiger partial charge in [0.05, 0.1) is 10.5 Å². The van der Waals surface area contributed by atoms with E-state index in [2.05, 4.69) is 4.72 Å². The molecule has 0 aliphatic heterocycles. The van der Waals surface area contributed by atoms with Crippen LogP contribution in [0.3, 0.4) is 0 Å². The Bertz CT molecular complexity index is 534. The van der Waals surface area contributed by atoms with Crippen molar-refractivity contribution in [2.24, 2.45) is 5.73 Å². The Hall–Kier alpha value is -0.540. The minimum atomic E-state index is -3.54. The van der Waals surface area contributed by atoms with Crippen LogP contribution >= 0.6 is 23.6 Å². The zero-order chi connectivity index (χ0) is 14.0. The van der Waals surface area contributed by atoms with E-state index in [0.717, 1.165) is 11.3 Å². The van der Waals surface area contributed by atoms with Crippen molar-refractivity contribution in [2.75, 3.05) is 13.7 Å². The first kappa shape index (κ1) is 15.5. The van der Waals surface area contributed by atoms with Gasteiger partial charge in [-0.05, 0) is 26.0 Å². The van der Waals surface area contributed by atoms with Crippen molar-refractivity contribution in [3.8, 4) is 0 Å². The quantitative estimate of drug-likeness (QED) is 0.769. The average Bonchev–Trinajstić information content (AvgIpc) is 2.77. The zero-order valence-electron chi connectivity index (χ0n) is 10.4. The molecule has 5 nitrogen and oxygen atoms in total. The van der Waals surface area contributed by atoms with Crippen LogP contribution in [0.1, 0.15) is 18.7 Å². The van der Waals surface area contributed by atoms with Crippen LogP contribution in [0.15, 0.2) is 16.3 Å². The van der Waals surface area contributed by atoms with Crippen molar-refractivity contribution in [1.29, 1.82) is 0 Å². The highest BCUT2D eigenvalue weighted by atomic mass is 32.2. The van der Waals surface area contributed by atoms with Crippen LogP contribution in [-0.2, 0) is 14.8 Å². The van der Waals surface area contributed by atoms with Gasteiger partial charge in [-0.2, -0.15) is 0 Å². The summed E-state index contributed by atoms with van der Waals surface area (Å²) in [5, 5.41) is 0. The highest BCUT2D eigenvalue weighted by Gasteiger charge is 2.23. The Balaban J connectivity index is 2.83. The SMILES string of the molecule is COC(C)(C)CNS(=O)(=O)c1ccc(C(N)=S)s1. The van der Waals surface area contributed by atoms with Gasteiger partial charge in [0.1, 0.15) is 9.20 Å². The molecule has 0 aliphatic rings. The molecule has 1 heterocycles. The molecular formula is C10H16N2O3S3. The van der Waals surface area contributed by atoms with Gasteiger partial charge in [0.15, 0.2) is 0 Å². The molecule has 0 spiro atoms. The molecule has 0 fully saturated rings. The van der Waals surface area contributed by atoms with Gasteiger partial charge in [-0.1, -0.05) is 12.2 Å². The molecule has 8 heteroatoms. The van der Waals surface area contributed by atoms with Crippen molar-refractivity contribution in [3.05, 3.63) is 17.0 Å². The van der Waals surface area contributed by atoms with Gasteiger partial charge in [0.25, 0.3) is 0 Å². The maximum atomic E-state index is 12.0. The van der Waals surface area contributed by atoms with E-state index >= 15 is 0 Å². The number of rotatable bonds is 6. The standard InChI is InChI=1S/C10H16N2O3S3/c1-10(2,15-3)6-12-18(13,14)8-5-4-7(17-8)9(11)16/h4-5,12H,6H2,1-3H3,(H2,11,16). The molecule has 0 radical (unpaired) electrons. The molecule has 0 aliphatic carbocycles. The van der Waals surface area contributed by atoms with Gasteiger partial charge in [0.2, 0.25) is 10.0 Å². The normalized spacial score (nSPS) is 12.6. The summed E-state index contributed by atoms with van der Waals surface area (Å²) in [5.74, 6) is 0. The Morgan fingerprint density at radius 3 is 2.61 bits per heavy atom. The number of nitrogens with two attached hydrogens (primary N) is 1. The van der Waals surface area contributed by atoms with Gasteiger partial charge in [-0.3, -0.25) is 0 Å². The molecular weight excluding hydrogens is 292 g/mol. The molecule has 0 atom stereocenters. The minimum absolute atomic E-state index is 0.187. The molecule has 0 bridgehead atoms. The highest BCUT2D eigenvalue weighted by Crippen LogP contribution is 2.21. The van der Waals surface area contributed by atoms with E-state index in [1.54, 1.807) is 19.9 Å². The summed E-state index contributed by atoms with van der Waals surface area (Å²) < 4.78 is 31.8. The monoisotopic (exact) mass is 308 g/mol. The van der Waals surface area contributed by atoms with Gasteiger partial charge < -0.3 is 10.5 Å². The lowest BCUT2D eigenvalue weighted by Crippen LogP contribution is -2.39. The maximum Gasteiger partial charge on any atom is 0.250 e. The molecule has 0 unspecified atom stereocenters. The number of nitrogens with one attached hydrogen (secondary N) is 1. The largest absolute Gasteiger partial charge is 0.389 e. The minimum Gasteiger partial charge on any atom is -0.389 e. The van der Waals surface area contributed by atoms with Crippen LogP contribution in [0.2, 0.25) is 0 Å². The van der Waals surface area contributed by atoms with E-state index in [9.17, 15) is 8.42 Å². The Kier molecular flexibility index (Phi) is 4.84. The smallest absolute Gasteiger partial charge is 0.250 e.